The molecule has 0 spiro atoms. The molecule has 2 atom stereocenters. The van der Waals surface area contributed by atoms with E-state index < -0.39 is 0 Å². The SMILES string of the molecule is CCNC(C)C(CC)c1nc(C)ccc1[N+](=O)[O-]. The van der Waals surface area contributed by atoms with Crippen LogP contribution in [0.1, 0.15) is 44.5 Å². The van der Waals surface area contributed by atoms with Crippen molar-refractivity contribution in [2.75, 3.05) is 6.54 Å². The van der Waals surface area contributed by atoms with Crippen molar-refractivity contribution in [1.29, 1.82) is 0 Å². The van der Waals surface area contributed by atoms with Crippen molar-refractivity contribution in [3.63, 3.8) is 0 Å². The molecule has 0 aliphatic heterocycles. The second-order valence-electron chi connectivity index (χ2n) is 4.48. The minimum absolute atomic E-state index is 0.0604. The summed E-state index contributed by atoms with van der Waals surface area (Å²) in [5.74, 6) is 0.0604. The first-order chi connectivity index (χ1) is 8.51. The zero-order valence-corrected chi connectivity index (χ0v) is 11.4. The maximum absolute atomic E-state index is 11.1. The standard InChI is InChI=1S/C13H21N3O2/c1-5-11(10(4)14-6-2)13-12(16(17)18)8-7-9(3)15-13/h7-8,10-11,14H,5-6H2,1-4H3. The lowest BCUT2D eigenvalue weighted by atomic mass is 9.92. The van der Waals surface area contributed by atoms with Gasteiger partial charge in [-0.2, -0.15) is 0 Å². The molecule has 0 aliphatic rings. The molecule has 0 fully saturated rings. The van der Waals surface area contributed by atoms with Gasteiger partial charge in [0.1, 0.15) is 5.69 Å². The summed E-state index contributed by atoms with van der Waals surface area (Å²) in [5.41, 5.74) is 1.53. The molecule has 0 radical (unpaired) electrons. The average molecular weight is 251 g/mol. The largest absolute Gasteiger partial charge is 0.314 e. The van der Waals surface area contributed by atoms with Crippen molar-refractivity contribution in [2.45, 2.75) is 46.1 Å². The number of rotatable bonds is 6. The molecule has 2 unspecified atom stereocenters. The zero-order valence-electron chi connectivity index (χ0n) is 11.4. The Kier molecular flexibility index (Phi) is 5.22. The fourth-order valence-corrected chi connectivity index (χ4v) is 2.24. The first kappa shape index (κ1) is 14.6. The van der Waals surface area contributed by atoms with E-state index in [1.165, 1.54) is 0 Å². The van der Waals surface area contributed by atoms with Crippen LogP contribution in [0.5, 0.6) is 0 Å². The van der Waals surface area contributed by atoms with E-state index in [1.807, 2.05) is 27.7 Å². The van der Waals surface area contributed by atoms with Crippen molar-refractivity contribution >= 4 is 5.69 Å². The number of nitrogens with one attached hydrogen (secondary N) is 1. The maximum Gasteiger partial charge on any atom is 0.291 e. The Morgan fingerprint density at radius 1 is 1.44 bits per heavy atom. The molecular formula is C13H21N3O2. The third-order valence-corrected chi connectivity index (χ3v) is 3.16. The zero-order chi connectivity index (χ0) is 13.7. The van der Waals surface area contributed by atoms with Gasteiger partial charge >= 0.3 is 0 Å². The van der Waals surface area contributed by atoms with E-state index in [2.05, 4.69) is 10.3 Å². The molecule has 0 saturated heterocycles. The molecule has 0 aromatic carbocycles. The molecule has 1 heterocycles. The van der Waals surface area contributed by atoms with Crippen LogP contribution in [-0.2, 0) is 0 Å². The molecule has 5 nitrogen and oxygen atoms in total. The molecule has 0 amide bonds. The molecule has 1 aromatic rings. The van der Waals surface area contributed by atoms with Crippen LogP contribution in [0, 0.1) is 17.0 Å². The predicted octanol–water partition coefficient (Wildman–Crippen LogP) is 2.79. The second kappa shape index (κ2) is 6.44. The summed E-state index contributed by atoms with van der Waals surface area (Å²) in [7, 11) is 0. The normalized spacial score (nSPS) is 14.2. The first-order valence-electron chi connectivity index (χ1n) is 6.36. The van der Waals surface area contributed by atoms with Crippen LogP contribution in [0.15, 0.2) is 12.1 Å². The van der Waals surface area contributed by atoms with Crippen LogP contribution in [0.4, 0.5) is 5.69 Å². The Hall–Kier alpha value is -1.49. The van der Waals surface area contributed by atoms with Gasteiger partial charge in [0, 0.05) is 23.7 Å². The van der Waals surface area contributed by atoms with Gasteiger partial charge in [-0.3, -0.25) is 15.1 Å². The molecule has 5 heteroatoms. The number of likely N-dealkylation sites (N-methyl/N-ethyl adjacent to an activating group) is 1. The van der Waals surface area contributed by atoms with Gasteiger partial charge < -0.3 is 5.32 Å². The van der Waals surface area contributed by atoms with E-state index in [4.69, 9.17) is 0 Å². The Bertz CT molecular complexity index is 421. The molecule has 100 valence electrons. The van der Waals surface area contributed by atoms with E-state index in [9.17, 15) is 10.1 Å². The Morgan fingerprint density at radius 3 is 2.61 bits per heavy atom. The van der Waals surface area contributed by atoms with Gasteiger partial charge in [0.15, 0.2) is 0 Å². The van der Waals surface area contributed by atoms with Gasteiger partial charge in [-0.15, -0.1) is 0 Å². The average Bonchev–Trinajstić information content (AvgIpc) is 2.30. The number of pyridine rings is 1. The molecule has 0 aliphatic carbocycles. The van der Waals surface area contributed by atoms with Crippen LogP contribution >= 0.6 is 0 Å². The van der Waals surface area contributed by atoms with Crippen molar-refractivity contribution in [3.05, 3.63) is 33.6 Å². The first-order valence-corrected chi connectivity index (χ1v) is 6.36. The molecular weight excluding hydrogens is 230 g/mol. The van der Waals surface area contributed by atoms with Gasteiger partial charge in [-0.05, 0) is 32.9 Å². The summed E-state index contributed by atoms with van der Waals surface area (Å²) in [4.78, 5) is 15.1. The predicted molar refractivity (Wildman–Crippen MR) is 71.8 cm³/mol. The fourth-order valence-electron chi connectivity index (χ4n) is 2.24. The minimum Gasteiger partial charge on any atom is -0.314 e. The summed E-state index contributed by atoms with van der Waals surface area (Å²) < 4.78 is 0. The summed E-state index contributed by atoms with van der Waals surface area (Å²) >= 11 is 0. The highest BCUT2D eigenvalue weighted by molar-refractivity contribution is 5.39. The van der Waals surface area contributed by atoms with Crippen molar-refractivity contribution in [3.8, 4) is 0 Å². The van der Waals surface area contributed by atoms with Gasteiger partial charge in [-0.1, -0.05) is 13.8 Å². The second-order valence-corrected chi connectivity index (χ2v) is 4.48. The smallest absolute Gasteiger partial charge is 0.291 e. The number of hydrogen-bond acceptors (Lipinski definition) is 4. The van der Waals surface area contributed by atoms with Crippen molar-refractivity contribution in [2.24, 2.45) is 0 Å². The highest BCUT2D eigenvalue weighted by Gasteiger charge is 2.26. The number of nitro groups is 1. The summed E-state index contributed by atoms with van der Waals surface area (Å²) in [6.45, 7) is 8.81. The van der Waals surface area contributed by atoms with Crippen LogP contribution < -0.4 is 5.32 Å². The van der Waals surface area contributed by atoms with Crippen LogP contribution in [0.2, 0.25) is 0 Å². The van der Waals surface area contributed by atoms with Crippen molar-refractivity contribution in [1.82, 2.24) is 10.3 Å². The van der Waals surface area contributed by atoms with Crippen LogP contribution in [0.25, 0.3) is 0 Å². The van der Waals surface area contributed by atoms with Crippen LogP contribution in [0.3, 0.4) is 0 Å². The number of hydrogen-bond donors (Lipinski definition) is 1. The third-order valence-electron chi connectivity index (χ3n) is 3.16. The fraction of sp³-hybridized carbons (Fsp3) is 0.615. The Labute approximate surface area is 108 Å². The molecule has 18 heavy (non-hydrogen) atoms. The van der Waals surface area contributed by atoms with E-state index >= 15 is 0 Å². The molecule has 1 aromatic heterocycles. The van der Waals surface area contributed by atoms with Gasteiger partial charge in [-0.25, -0.2) is 0 Å². The lowest BCUT2D eigenvalue weighted by molar-refractivity contribution is -0.386. The topological polar surface area (TPSA) is 68.1 Å². The van der Waals surface area contributed by atoms with E-state index in [0.29, 0.717) is 5.69 Å². The van der Waals surface area contributed by atoms with E-state index in [0.717, 1.165) is 18.7 Å². The minimum atomic E-state index is -0.344. The van der Waals surface area contributed by atoms with E-state index in [-0.39, 0.29) is 22.6 Å². The molecule has 1 rings (SSSR count). The monoisotopic (exact) mass is 251 g/mol. The molecule has 0 bridgehead atoms. The highest BCUT2D eigenvalue weighted by Crippen LogP contribution is 2.29. The summed E-state index contributed by atoms with van der Waals surface area (Å²) in [6, 6.07) is 3.42. The number of aromatic nitrogens is 1. The highest BCUT2D eigenvalue weighted by atomic mass is 16.6. The van der Waals surface area contributed by atoms with Crippen LogP contribution in [-0.4, -0.2) is 22.5 Å². The molecule has 0 saturated carbocycles. The van der Waals surface area contributed by atoms with Crippen molar-refractivity contribution < 1.29 is 4.92 Å². The Morgan fingerprint density at radius 2 is 2.11 bits per heavy atom. The summed E-state index contributed by atoms with van der Waals surface area (Å²) in [6.07, 6.45) is 0.825. The number of aryl methyl sites for hydroxylation is 1. The van der Waals surface area contributed by atoms with E-state index in [1.54, 1.807) is 12.1 Å². The molecule has 1 N–H and O–H groups in total. The lowest BCUT2D eigenvalue weighted by Gasteiger charge is -2.23. The van der Waals surface area contributed by atoms with Gasteiger partial charge in [0.25, 0.3) is 5.69 Å². The Balaban J connectivity index is 3.18. The number of nitrogens with zero attached hydrogens (tertiary/aromatic N) is 2. The quantitative estimate of drug-likeness (QED) is 0.623. The third kappa shape index (κ3) is 3.26. The lowest BCUT2D eigenvalue weighted by Crippen LogP contribution is -2.32. The summed E-state index contributed by atoms with van der Waals surface area (Å²) in [5, 5.41) is 14.4. The van der Waals surface area contributed by atoms with Gasteiger partial charge in [0.2, 0.25) is 0 Å². The maximum atomic E-state index is 11.1. The van der Waals surface area contributed by atoms with Gasteiger partial charge in [0.05, 0.1) is 4.92 Å².